The molecule has 0 saturated heterocycles. The Bertz CT molecular complexity index is 1040. The van der Waals surface area contributed by atoms with Gasteiger partial charge in [-0.25, -0.2) is 9.37 Å². The van der Waals surface area contributed by atoms with Crippen molar-refractivity contribution in [1.82, 2.24) is 20.1 Å². The van der Waals surface area contributed by atoms with E-state index >= 15 is 0 Å². The number of benzene rings is 1. The molecule has 1 aliphatic rings. The number of aryl methyl sites for hydroxylation is 1. The van der Waals surface area contributed by atoms with Crippen LogP contribution in [0.5, 0.6) is 0 Å². The number of hydrogen-bond donors (Lipinski definition) is 1. The van der Waals surface area contributed by atoms with Gasteiger partial charge in [-0.3, -0.25) is 9.67 Å². The summed E-state index contributed by atoms with van der Waals surface area (Å²) in [4.78, 5) is 9.21. The van der Waals surface area contributed by atoms with Gasteiger partial charge in [0.15, 0.2) is 10.8 Å². The Balaban J connectivity index is 1.86. The highest BCUT2D eigenvalue weighted by molar-refractivity contribution is 7.11. The number of amidine groups is 1. The first kappa shape index (κ1) is 17.9. The molecule has 1 atom stereocenters. The van der Waals surface area contributed by atoms with Gasteiger partial charge in [0.25, 0.3) is 0 Å². The quantitative estimate of drug-likeness (QED) is 0.690. The molecule has 0 aliphatic carbocycles. The Labute approximate surface area is 165 Å². The van der Waals surface area contributed by atoms with Crippen LogP contribution in [0.1, 0.15) is 36.2 Å². The molecule has 1 N–H and O–H groups in total. The summed E-state index contributed by atoms with van der Waals surface area (Å²) in [5.74, 6) is 0.297. The molecular formula is C19H17ClFN5S. The van der Waals surface area contributed by atoms with Crippen LogP contribution in [-0.4, -0.2) is 20.6 Å². The highest BCUT2D eigenvalue weighted by atomic mass is 35.5. The summed E-state index contributed by atoms with van der Waals surface area (Å²) in [7, 11) is 0. The molecule has 27 heavy (non-hydrogen) atoms. The smallest absolute Gasteiger partial charge is 0.163 e. The van der Waals surface area contributed by atoms with Gasteiger partial charge < -0.3 is 5.32 Å². The van der Waals surface area contributed by atoms with Gasteiger partial charge in [-0.2, -0.15) is 5.10 Å². The molecule has 8 heteroatoms. The number of aromatic nitrogens is 3. The summed E-state index contributed by atoms with van der Waals surface area (Å²) < 4.78 is 15.5. The van der Waals surface area contributed by atoms with Crippen molar-refractivity contribution < 1.29 is 4.39 Å². The highest BCUT2D eigenvalue weighted by Gasteiger charge is 2.29. The highest BCUT2D eigenvalue weighted by Crippen LogP contribution is 2.40. The van der Waals surface area contributed by atoms with Gasteiger partial charge in [0.1, 0.15) is 11.9 Å². The van der Waals surface area contributed by atoms with E-state index in [1.807, 2.05) is 36.2 Å². The predicted octanol–water partition coefficient (Wildman–Crippen LogP) is 4.67. The van der Waals surface area contributed by atoms with Crippen molar-refractivity contribution in [2.45, 2.75) is 26.4 Å². The van der Waals surface area contributed by atoms with Crippen LogP contribution in [0.4, 0.5) is 4.39 Å². The molecule has 3 heterocycles. The van der Waals surface area contributed by atoms with Crippen LogP contribution >= 0.6 is 22.9 Å². The van der Waals surface area contributed by atoms with E-state index in [9.17, 15) is 4.39 Å². The van der Waals surface area contributed by atoms with Gasteiger partial charge in [-0.15, -0.1) is 11.3 Å². The summed E-state index contributed by atoms with van der Waals surface area (Å²) in [5.41, 5.74) is 3.38. The van der Waals surface area contributed by atoms with Crippen LogP contribution < -0.4 is 5.32 Å². The fourth-order valence-corrected chi connectivity index (χ4v) is 3.95. The normalized spacial score (nSPS) is 17.0. The average Bonchev–Trinajstić information content (AvgIpc) is 3.33. The van der Waals surface area contributed by atoms with E-state index in [0.717, 1.165) is 34.1 Å². The van der Waals surface area contributed by atoms with Gasteiger partial charge in [0.2, 0.25) is 0 Å². The lowest BCUT2D eigenvalue weighted by molar-refractivity contribution is 0.626. The van der Waals surface area contributed by atoms with Crippen LogP contribution in [-0.2, 0) is 6.54 Å². The second-order valence-electron chi connectivity index (χ2n) is 6.10. The van der Waals surface area contributed by atoms with Crippen LogP contribution in [0.3, 0.4) is 0 Å². The van der Waals surface area contributed by atoms with E-state index in [0.29, 0.717) is 10.9 Å². The monoisotopic (exact) mass is 401 g/mol. The molecule has 0 amide bonds. The Morgan fingerprint density at radius 2 is 2.19 bits per heavy atom. The summed E-state index contributed by atoms with van der Waals surface area (Å²) >= 11 is 7.88. The summed E-state index contributed by atoms with van der Waals surface area (Å²) in [5, 5.41) is 11.0. The van der Waals surface area contributed by atoms with Crippen molar-refractivity contribution in [2.24, 2.45) is 4.99 Å². The number of nitrogens with one attached hydrogen (secondary N) is 1. The first-order valence-electron chi connectivity index (χ1n) is 8.51. The minimum atomic E-state index is -0.404. The standard InChI is InChI=1S/C19H17ClFN5S/c1-3-26-8-6-15(25-26)16-11(2)23-18(19-22-7-9-27-19)24-17(16)13-5-4-12(21)10-14(13)20/h4-10,17H,3H2,1-2H3,(H,23,24). The zero-order valence-corrected chi connectivity index (χ0v) is 16.4. The number of halogens is 2. The van der Waals surface area contributed by atoms with E-state index in [1.54, 1.807) is 12.3 Å². The summed E-state index contributed by atoms with van der Waals surface area (Å²) in [6, 6.07) is 5.95. The van der Waals surface area contributed by atoms with Crippen molar-refractivity contribution in [3.05, 3.63) is 74.8 Å². The van der Waals surface area contributed by atoms with E-state index in [2.05, 4.69) is 15.4 Å². The lowest BCUT2D eigenvalue weighted by Gasteiger charge is -2.26. The molecule has 0 bridgehead atoms. The van der Waals surface area contributed by atoms with E-state index in [1.165, 1.54) is 23.5 Å². The number of hydrogen-bond acceptors (Lipinski definition) is 5. The number of nitrogens with zero attached hydrogens (tertiary/aromatic N) is 4. The average molecular weight is 402 g/mol. The maximum Gasteiger partial charge on any atom is 0.163 e. The number of thiazole rings is 1. The Kier molecular flexibility index (Phi) is 4.80. The van der Waals surface area contributed by atoms with Crippen molar-refractivity contribution in [3.63, 3.8) is 0 Å². The molecule has 138 valence electrons. The summed E-state index contributed by atoms with van der Waals surface area (Å²) in [6.07, 6.45) is 3.67. The fourth-order valence-electron chi connectivity index (χ4n) is 3.09. The van der Waals surface area contributed by atoms with Gasteiger partial charge in [-0.1, -0.05) is 17.7 Å². The minimum Gasteiger partial charge on any atom is -0.341 e. The van der Waals surface area contributed by atoms with Crippen molar-refractivity contribution >= 4 is 34.3 Å². The fraction of sp³-hybridized carbons (Fsp3) is 0.211. The summed E-state index contributed by atoms with van der Waals surface area (Å²) in [6.45, 7) is 4.78. The largest absolute Gasteiger partial charge is 0.341 e. The number of aliphatic imine (C=N–C) groups is 1. The van der Waals surface area contributed by atoms with E-state index in [-0.39, 0.29) is 5.82 Å². The molecule has 1 aromatic carbocycles. The Hall–Kier alpha value is -2.51. The molecule has 0 fully saturated rings. The Morgan fingerprint density at radius 1 is 1.33 bits per heavy atom. The first-order valence-corrected chi connectivity index (χ1v) is 9.76. The van der Waals surface area contributed by atoms with Crippen molar-refractivity contribution in [2.75, 3.05) is 0 Å². The molecule has 1 aliphatic heterocycles. The molecule has 0 spiro atoms. The van der Waals surface area contributed by atoms with Crippen molar-refractivity contribution in [1.29, 1.82) is 0 Å². The third kappa shape index (κ3) is 3.40. The number of allylic oxidation sites excluding steroid dienone is 1. The van der Waals surface area contributed by atoms with Gasteiger partial charge in [0.05, 0.1) is 5.69 Å². The van der Waals surface area contributed by atoms with Crippen LogP contribution in [0.2, 0.25) is 5.02 Å². The third-order valence-electron chi connectivity index (χ3n) is 4.37. The van der Waals surface area contributed by atoms with Crippen LogP contribution in [0, 0.1) is 5.82 Å². The molecule has 3 aromatic rings. The zero-order valence-electron chi connectivity index (χ0n) is 14.8. The topological polar surface area (TPSA) is 55.1 Å². The first-order chi connectivity index (χ1) is 13.1. The molecular weight excluding hydrogens is 385 g/mol. The molecule has 0 saturated carbocycles. The predicted molar refractivity (Wildman–Crippen MR) is 106 cm³/mol. The van der Waals surface area contributed by atoms with Gasteiger partial charge >= 0.3 is 0 Å². The van der Waals surface area contributed by atoms with Crippen molar-refractivity contribution in [3.8, 4) is 0 Å². The van der Waals surface area contributed by atoms with Crippen LogP contribution in [0.25, 0.3) is 5.57 Å². The Morgan fingerprint density at radius 3 is 2.85 bits per heavy atom. The van der Waals surface area contributed by atoms with Crippen LogP contribution in [0.15, 0.2) is 52.7 Å². The molecule has 1 unspecified atom stereocenters. The second kappa shape index (κ2) is 7.25. The van der Waals surface area contributed by atoms with Gasteiger partial charge in [0, 0.05) is 46.2 Å². The second-order valence-corrected chi connectivity index (χ2v) is 7.41. The minimum absolute atomic E-state index is 0.337. The van der Waals surface area contributed by atoms with E-state index in [4.69, 9.17) is 16.6 Å². The maximum atomic E-state index is 13.6. The molecule has 2 aromatic heterocycles. The maximum absolute atomic E-state index is 13.6. The lowest BCUT2D eigenvalue weighted by atomic mass is 9.93. The molecule has 0 radical (unpaired) electrons. The number of rotatable bonds is 4. The molecule has 5 nitrogen and oxygen atoms in total. The zero-order chi connectivity index (χ0) is 19.0. The lowest BCUT2D eigenvalue weighted by Crippen LogP contribution is -2.29. The third-order valence-corrected chi connectivity index (χ3v) is 5.48. The SMILES string of the molecule is CCn1ccc(C2=C(C)NC(c3nccs3)=NC2c2ccc(F)cc2Cl)n1. The van der Waals surface area contributed by atoms with E-state index < -0.39 is 6.04 Å². The van der Waals surface area contributed by atoms with Gasteiger partial charge in [-0.05, 0) is 32.0 Å². The molecule has 4 rings (SSSR count).